The van der Waals surface area contributed by atoms with E-state index in [1.807, 2.05) is 48.5 Å². The Morgan fingerprint density at radius 2 is 1.09 bits per heavy atom. The van der Waals surface area contributed by atoms with Crippen LogP contribution in [0.25, 0.3) is 32.7 Å². The Balaban J connectivity index is 1.54. The Labute approximate surface area is 196 Å². The third-order valence-electron chi connectivity index (χ3n) is 6.29. The SMILES string of the molecule is Nc1cc2cccc(-c3cccc4cc(N)c(OCC5CO5)c(N)c34)c2c(N)c1OCC1CO1. The molecule has 6 rings (SSSR count). The third kappa shape index (κ3) is 3.57. The zero-order chi connectivity index (χ0) is 23.4. The summed E-state index contributed by atoms with van der Waals surface area (Å²) in [4.78, 5) is 0. The van der Waals surface area contributed by atoms with Crippen molar-refractivity contribution in [3.8, 4) is 22.6 Å². The molecule has 174 valence electrons. The molecule has 8 nitrogen and oxygen atoms in total. The predicted molar refractivity (Wildman–Crippen MR) is 135 cm³/mol. The van der Waals surface area contributed by atoms with Gasteiger partial charge in [-0.1, -0.05) is 36.4 Å². The maximum atomic E-state index is 6.65. The first kappa shape index (κ1) is 20.7. The topological polar surface area (TPSA) is 148 Å². The van der Waals surface area contributed by atoms with E-state index >= 15 is 0 Å². The molecule has 0 saturated carbocycles. The van der Waals surface area contributed by atoms with Gasteiger partial charge in [-0.05, 0) is 34.0 Å². The summed E-state index contributed by atoms with van der Waals surface area (Å²) in [5.41, 5.74) is 29.7. The molecule has 0 aliphatic carbocycles. The van der Waals surface area contributed by atoms with E-state index in [1.165, 1.54) is 0 Å². The summed E-state index contributed by atoms with van der Waals surface area (Å²) in [6, 6.07) is 15.7. The van der Waals surface area contributed by atoms with Gasteiger partial charge in [0.25, 0.3) is 0 Å². The van der Waals surface area contributed by atoms with Crippen LogP contribution in [0.4, 0.5) is 22.7 Å². The Hall–Kier alpha value is -3.88. The van der Waals surface area contributed by atoms with Crippen LogP contribution < -0.4 is 32.4 Å². The largest absolute Gasteiger partial charge is 0.486 e. The van der Waals surface area contributed by atoms with Gasteiger partial charge in [0.15, 0.2) is 11.5 Å². The molecule has 0 aromatic heterocycles. The summed E-state index contributed by atoms with van der Waals surface area (Å²) in [6.07, 6.45) is 0.181. The van der Waals surface area contributed by atoms with Crippen LogP contribution in [0.2, 0.25) is 0 Å². The molecule has 0 bridgehead atoms. The Morgan fingerprint density at radius 1 is 0.676 bits per heavy atom. The van der Waals surface area contributed by atoms with Crippen molar-refractivity contribution in [2.24, 2.45) is 0 Å². The second-order valence-electron chi connectivity index (χ2n) is 8.76. The van der Waals surface area contributed by atoms with Crippen molar-refractivity contribution in [3.05, 3.63) is 48.5 Å². The van der Waals surface area contributed by atoms with E-state index < -0.39 is 0 Å². The van der Waals surface area contributed by atoms with Crippen molar-refractivity contribution in [1.29, 1.82) is 0 Å². The maximum Gasteiger partial charge on any atom is 0.165 e. The monoisotopic (exact) mass is 458 g/mol. The number of epoxide rings is 2. The van der Waals surface area contributed by atoms with Gasteiger partial charge in [0.1, 0.15) is 25.4 Å². The van der Waals surface area contributed by atoms with Gasteiger partial charge in [-0.3, -0.25) is 0 Å². The predicted octanol–water partition coefficient (Wildman–Crippen LogP) is 3.54. The van der Waals surface area contributed by atoms with E-state index in [4.69, 9.17) is 41.9 Å². The lowest BCUT2D eigenvalue weighted by atomic mass is 9.91. The lowest BCUT2D eigenvalue weighted by molar-refractivity contribution is 0.265. The van der Waals surface area contributed by atoms with Gasteiger partial charge >= 0.3 is 0 Å². The molecule has 0 amide bonds. The number of nitrogen functional groups attached to an aromatic ring is 4. The molecular weight excluding hydrogens is 432 g/mol. The maximum absolute atomic E-state index is 6.65. The van der Waals surface area contributed by atoms with Gasteiger partial charge in [0.2, 0.25) is 0 Å². The van der Waals surface area contributed by atoms with Crippen molar-refractivity contribution < 1.29 is 18.9 Å². The highest BCUT2D eigenvalue weighted by atomic mass is 16.6. The number of hydrogen-bond donors (Lipinski definition) is 4. The van der Waals surface area contributed by atoms with E-state index in [9.17, 15) is 0 Å². The van der Waals surface area contributed by atoms with E-state index in [2.05, 4.69) is 0 Å². The molecule has 2 aliphatic heterocycles. The molecule has 2 saturated heterocycles. The third-order valence-corrected chi connectivity index (χ3v) is 6.29. The molecule has 0 spiro atoms. The molecule has 4 aromatic rings. The second-order valence-corrected chi connectivity index (χ2v) is 8.76. The summed E-state index contributed by atoms with van der Waals surface area (Å²) in [5.74, 6) is 0.947. The van der Waals surface area contributed by atoms with Crippen LogP contribution in [0, 0.1) is 0 Å². The van der Waals surface area contributed by atoms with Crippen molar-refractivity contribution in [3.63, 3.8) is 0 Å². The number of anilines is 4. The standard InChI is InChI=1S/C26H26N4O4/c27-19-7-13-3-1-5-17(21(13)23(29)25(19)33-11-15-9-31-15)18-6-2-4-14-8-20(28)26(24(30)22(14)18)34-12-16-10-32-16/h1-8,15-16H,9-12,27-30H2. The summed E-state index contributed by atoms with van der Waals surface area (Å²) < 4.78 is 22.4. The minimum absolute atomic E-state index is 0.0903. The summed E-state index contributed by atoms with van der Waals surface area (Å²) in [6.45, 7) is 2.20. The van der Waals surface area contributed by atoms with Crippen LogP contribution in [0.15, 0.2) is 48.5 Å². The Morgan fingerprint density at radius 3 is 1.47 bits per heavy atom. The van der Waals surface area contributed by atoms with Crippen molar-refractivity contribution in [2.45, 2.75) is 12.2 Å². The molecule has 2 aliphatic rings. The van der Waals surface area contributed by atoms with Crippen LogP contribution >= 0.6 is 0 Å². The van der Waals surface area contributed by atoms with E-state index in [-0.39, 0.29) is 12.2 Å². The molecular formula is C26H26N4O4. The fourth-order valence-electron chi connectivity index (χ4n) is 4.44. The first-order valence-electron chi connectivity index (χ1n) is 11.2. The van der Waals surface area contributed by atoms with E-state index in [0.717, 1.165) is 32.7 Å². The van der Waals surface area contributed by atoms with Gasteiger partial charge in [-0.2, -0.15) is 0 Å². The molecule has 8 heteroatoms. The average Bonchev–Trinajstić information content (AvgIpc) is 3.73. The summed E-state index contributed by atoms with van der Waals surface area (Å²) in [5, 5.41) is 3.52. The summed E-state index contributed by atoms with van der Waals surface area (Å²) in [7, 11) is 0. The fraction of sp³-hybridized carbons (Fsp3) is 0.231. The molecule has 2 atom stereocenters. The number of fused-ring (bicyclic) bond motifs is 2. The highest BCUT2D eigenvalue weighted by molar-refractivity contribution is 6.15. The smallest absolute Gasteiger partial charge is 0.165 e. The van der Waals surface area contributed by atoms with Gasteiger partial charge in [-0.15, -0.1) is 0 Å². The normalized spacial score (nSPS) is 18.8. The van der Waals surface area contributed by atoms with Crippen molar-refractivity contribution in [2.75, 3.05) is 49.4 Å². The number of hydrogen-bond acceptors (Lipinski definition) is 8. The molecule has 0 radical (unpaired) electrons. The highest BCUT2D eigenvalue weighted by Gasteiger charge is 2.26. The molecule has 2 fully saturated rings. The van der Waals surface area contributed by atoms with Gasteiger partial charge < -0.3 is 41.9 Å². The van der Waals surface area contributed by atoms with Crippen LogP contribution in [-0.2, 0) is 9.47 Å². The van der Waals surface area contributed by atoms with E-state index in [0.29, 0.717) is 60.7 Å². The van der Waals surface area contributed by atoms with Crippen LogP contribution in [0.1, 0.15) is 0 Å². The van der Waals surface area contributed by atoms with Crippen molar-refractivity contribution >= 4 is 44.3 Å². The van der Waals surface area contributed by atoms with Gasteiger partial charge in [0.05, 0.1) is 36.0 Å². The minimum Gasteiger partial charge on any atom is -0.486 e. The molecule has 2 unspecified atom stereocenters. The fourth-order valence-corrected chi connectivity index (χ4v) is 4.44. The second kappa shape index (κ2) is 7.86. The van der Waals surface area contributed by atoms with Gasteiger partial charge in [-0.25, -0.2) is 0 Å². The Kier molecular flexibility index (Phi) is 4.79. The lowest BCUT2D eigenvalue weighted by Gasteiger charge is -2.19. The number of benzene rings is 4. The van der Waals surface area contributed by atoms with Crippen LogP contribution in [-0.4, -0.2) is 38.6 Å². The molecule has 2 heterocycles. The van der Waals surface area contributed by atoms with Crippen molar-refractivity contribution in [1.82, 2.24) is 0 Å². The number of rotatable bonds is 7. The van der Waals surface area contributed by atoms with E-state index in [1.54, 1.807) is 0 Å². The summed E-state index contributed by atoms with van der Waals surface area (Å²) >= 11 is 0. The van der Waals surface area contributed by atoms with Gasteiger partial charge in [0, 0.05) is 10.8 Å². The Bertz CT molecular complexity index is 1320. The molecule has 4 aromatic carbocycles. The lowest BCUT2D eigenvalue weighted by Crippen LogP contribution is -2.09. The zero-order valence-electron chi connectivity index (χ0n) is 18.5. The first-order valence-corrected chi connectivity index (χ1v) is 11.2. The van der Waals surface area contributed by atoms with Crippen LogP contribution in [0.5, 0.6) is 11.5 Å². The average molecular weight is 459 g/mol. The molecule has 34 heavy (non-hydrogen) atoms. The first-order chi connectivity index (χ1) is 16.5. The molecule has 8 N–H and O–H groups in total. The van der Waals surface area contributed by atoms with Crippen LogP contribution in [0.3, 0.4) is 0 Å². The minimum atomic E-state index is 0.0903. The quantitative estimate of drug-likeness (QED) is 0.243. The zero-order valence-corrected chi connectivity index (χ0v) is 18.5. The number of nitrogens with two attached hydrogens (primary N) is 4. The highest BCUT2D eigenvalue weighted by Crippen LogP contribution is 2.46. The number of ether oxygens (including phenoxy) is 4.